The van der Waals surface area contributed by atoms with E-state index >= 15 is 0 Å². The van der Waals surface area contributed by atoms with E-state index in [0.717, 1.165) is 48.4 Å². The minimum Gasteiger partial charge on any atom is -0.439 e. The normalized spacial score (nSPS) is 14.7. The van der Waals surface area contributed by atoms with Crippen molar-refractivity contribution in [2.24, 2.45) is 5.92 Å². The molecule has 4 rings (SSSR count). The van der Waals surface area contributed by atoms with Crippen molar-refractivity contribution in [3.63, 3.8) is 0 Å². The highest BCUT2D eigenvalue weighted by Crippen LogP contribution is 2.34. The third kappa shape index (κ3) is 4.50. The molecule has 0 spiro atoms. The number of hydrogen-bond donors (Lipinski definition) is 0. The number of para-hydroxylation sites is 2. The molecule has 5 nitrogen and oxygen atoms in total. The fraction of sp³-hybridized carbons (Fsp3) is 0.385. The second-order valence-electron chi connectivity index (χ2n) is 8.38. The molecule has 1 atom stereocenters. The van der Waals surface area contributed by atoms with Crippen molar-refractivity contribution in [3.8, 4) is 17.3 Å². The van der Waals surface area contributed by atoms with Gasteiger partial charge in [0.05, 0.1) is 23.5 Å². The number of amides is 1. The van der Waals surface area contributed by atoms with Crippen LogP contribution in [-0.4, -0.2) is 26.6 Å². The number of carbonyl (C=O) groups is 1. The van der Waals surface area contributed by atoms with Crippen LogP contribution in [0.25, 0.3) is 5.69 Å². The van der Waals surface area contributed by atoms with Gasteiger partial charge in [0.15, 0.2) is 0 Å². The first-order valence-electron chi connectivity index (χ1n) is 11.3. The SMILES string of the molecule is CCC(C)N(Cc1c(C)nn(-c2ccccc2)c1Oc1ccccc1)C(=O)C1CCC1. The van der Waals surface area contributed by atoms with Crippen LogP contribution in [0.4, 0.5) is 0 Å². The predicted octanol–water partition coefficient (Wildman–Crippen LogP) is 5.90. The zero-order chi connectivity index (χ0) is 21.8. The summed E-state index contributed by atoms with van der Waals surface area (Å²) in [5.74, 6) is 1.85. The maximum absolute atomic E-state index is 13.2. The molecule has 3 aromatic rings. The molecule has 1 aliphatic rings. The number of benzene rings is 2. The Labute approximate surface area is 184 Å². The van der Waals surface area contributed by atoms with E-state index in [1.807, 2.05) is 77.2 Å². The standard InChI is InChI=1S/C26H31N3O2/c1-4-19(2)28(25(30)21-12-11-13-21)18-24-20(3)27-29(22-14-7-5-8-15-22)26(24)31-23-16-9-6-10-17-23/h5-10,14-17,19,21H,4,11-13,18H2,1-3H3. The molecule has 1 fully saturated rings. The molecule has 31 heavy (non-hydrogen) atoms. The Hall–Kier alpha value is -3.08. The van der Waals surface area contributed by atoms with E-state index in [4.69, 9.17) is 9.84 Å². The summed E-state index contributed by atoms with van der Waals surface area (Å²) in [7, 11) is 0. The van der Waals surface area contributed by atoms with Gasteiger partial charge in [-0.05, 0) is 57.4 Å². The van der Waals surface area contributed by atoms with E-state index < -0.39 is 0 Å². The van der Waals surface area contributed by atoms with Crippen LogP contribution in [0.3, 0.4) is 0 Å². The number of aromatic nitrogens is 2. The monoisotopic (exact) mass is 417 g/mol. The Morgan fingerprint density at radius 1 is 1.13 bits per heavy atom. The largest absolute Gasteiger partial charge is 0.439 e. The van der Waals surface area contributed by atoms with Gasteiger partial charge < -0.3 is 9.64 Å². The van der Waals surface area contributed by atoms with Crippen LogP contribution in [0.2, 0.25) is 0 Å². The van der Waals surface area contributed by atoms with Crippen molar-refractivity contribution in [2.45, 2.75) is 59.0 Å². The number of aryl methyl sites for hydroxylation is 1. The summed E-state index contributed by atoms with van der Waals surface area (Å²) in [4.78, 5) is 15.3. The van der Waals surface area contributed by atoms with Crippen molar-refractivity contribution in [2.75, 3.05) is 0 Å². The van der Waals surface area contributed by atoms with Gasteiger partial charge in [0, 0.05) is 12.0 Å². The van der Waals surface area contributed by atoms with Crippen molar-refractivity contribution >= 4 is 5.91 Å². The van der Waals surface area contributed by atoms with Crippen LogP contribution in [0.15, 0.2) is 60.7 Å². The first kappa shape index (κ1) is 21.2. The summed E-state index contributed by atoms with van der Waals surface area (Å²) in [5.41, 5.74) is 2.77. The molecule has 1 aliphatic carbocycles. The van der Waals surface area contributed by atoms with E-state index in [0.29, 0.717) is 12.4 Å². The maximum atomic E-state index is 13.2. The molecule has 0 N–H and O–H groups in total. The quantitative estimate of drug-likeness (QED) is 0.458. The second kappa shape index (κ2) is 9.38. The summed E-state index contributed by atoms with van der Waals surface area (Å²) in [6, 6.07) is 19.9. The van der Waals surface area contributed by atoms with Crippen LogP contribution >= 0.6 is 0 Å². The highest BCUT2D eigenvalue weighted by atomic mass is 16.5. The van der Waals surface area contributed by atoms with Gasteiger partial charge in [-0.3, -0.25) is 4.79 Å². The van der Waals surface area contributed by atoms with Gasteiger partial charge in [0.1, 0.15) is 5.75 Å². The van der Waals surface area contributed by atoms with E-state index in [-0.39, 0.29) is 17.9 Å². The lowest BCUT2D eigenvalue weighted by Crippen LogP contribution is -2.43. The second-order valence-corrected chi connectivity index (χ2v) is 8.38. The molecule has 0 aliphatic heterocycles. The van der Waals surface area contributed by atoms with Gasteiger partial charge in [0.2, 0.25) is 11.8 Å². The van der Waals surface area contributed by atoms with Gasteiger partial charge in [-0.2, -0.15) is 5.10 Å². The Morgan fingerprint density at radius 2 is 1.77 bits per heavy atom. The van der Waals surface area contributed by atoms with Gasteiger partial charge >= 0.3 is 0 Å². The summed E-state index contributed by atoms with van der Waals surface area (Å²) in [5, 5.41) is 4.81. The summed E-state index contributed by atoms with van der Waals surface area (Å²) in [6.07, 6.45) is 4.07. The molecule has 1 amide bonds. The molecule has 1 heterocycles. The fourth-order valence-corrected chi connectivity index (χ4v) is 3.90. The zero-order valence-corrected chi connectivity index (χ0v) is 18.6. The van der Waals surface area contributed by atoms with E-state index in [1.54, 1.807) is 0 Å². The van der Waals surface area contributed by atoms with Crippen molar-refractivity contribution < 1.29 is 9.53 Å². The van der Waals surface area contributed by atoms with E-state index in [2.05, 4.69) is 13.8 Å². The number of ether oxygens (including phenoxy) is 1. The van der Waals surface area contributed by atoms with Crippen molar-refractivity contribution in [1.82, 2.24) is 14.7 Å². The Bertz CT molecular complexity index is 1010. The van der Waals surface area contributed by atoms with Gasteiger partial charge in [0.25, 0.3) is 0 Å². The van der Waals surface area contributed by atoms with Crippen molar-refractivity contribution in [1.29, 1.82) is 0 Å². The van der Waals surface area contributed by atoms with Crippen LogP contribution in [-0.2, 0) is 11.3 Å². The van der Waals surface area contributed by atoms with Gasteiger partial charge in [-0.1, -0.05) is 49.7 Å². The summed E-state index contributed by atoms with van der Waals surface area (Å²) >= 11 is 0. The van der Waals surface area contributed by atoms with E-state index in [1.165, 1.54) is 0 Å². The Morgan fingerprint density at radius 3 is 2.35 bits per heavy atom. The summed E-state index contributed by atoms with van der Waals surface area (Å²) < 4.78 is 8.22. The zero-order valence-electron chi connectivity index (χ0n) is 18.6. The molecule has 2 aromatic carbocycles. The van der Waals surface area contributed by atoms with Crippen LogP contribution in [0.5, 0.6) is 11.6 Å². The molecule has 0 saturated heterocycles. The van der Waals surface area contributed by atoms with Crippen molar-refractivity contribution in [3.05, 3.63) is 71.9 Å². The molecule has 162 valence electrons. The molecular weight excluding hydrogens is 386 g/mol. The number of nitrogens with zero attached hydrogens (tertiary/aromatic N) is 3. The van der Waals surface area contributed by atoms with E-state index in [9.17, 15) is 4.79 Å². The van der Waals surface area contributed by atoms with Gasteiger partial charge in [-0.15, -0.1) is 0 Å². The average Bonchev–Trinajstić information content (AvgIpc) is 3.06. The fourth-order valence-electron chi connectivity index (χ4n) is 3.90. The Kier molecular flexibility index (Phi) is 6.40. The minimum absolute atomic E-state index is 0.164. The third-order valence-corrected chi connectivity index (χ3v) is 6.28. The molecule has 0 bridgehead atoms. The highest BCUT2D eigenvalue weighted by Gasteiger charge is 2.33. The summed E-state index contributed by atoms with van der Waals surface area (Å²) in [6.45, 7) is 6.76. The molecular formula is C26H31N3O2. The minimum atomic E-state index is 0.164. The van der Waals surface area contributed by atoms with Crippen LogP contribution in [0.1, 0.15) is 50.8 Å². The van der Waals surface area contributed by atoms with Gasteiger partial charge in [-0.25, -0.2) is 4.68 Å². The molecule has 1 unspecified atom stereocenters. The first-order valence-corrected chi connectivity index (χ1v) is 11.3. The molecule has 0 radical (unpaired) electrons. The number of hydrogen-bond acceptors (Lipinski definition) is 3. The topological polar surface area (TPSA) is 47.4 Å². The average molecular weight is 418 g/mol. The molecule has 1 aromatic heterocycles. The lowest BCUT2D eigenvalue weighted by atomic mass is 9.84. The Balaban J connectivity index is 1.74. The van der Waals surface area contributed by atoms with Crippen LogP contribution in [0, 0.1) is 12.8 Å². The lowest BCUT2D eigenvalue weighted by molar-refractivity contribution is -0.141. The molecule has 1 saturated carbocycles. The highest BCUT2D eigenvalue weighted by molar-refractivity contribution is 5.80. The molecule has 5 heteroatoms. The van der Waals surface area contributed by atoms with Crippen LogP contribution < -0.4 is 4.74 Å². The number of carbonyl (C=O) groups excluding carboxylic acids is 1. The third-order valence-electron chi connectivity index (χ3n) is 6.28. The smallest absolute Gasteiger partial charge is 0.227 e. The first-order chi connectivity index (χ1) is 15.1. The maximum Gasteiger partial charge on any atom is 0.227 e. The predicted molar refractivity (Wildman–Crippen MR) is 122 cm³/mol. The number of rotatable bonds is 8. The lowest BCUT2D eigenvalue weighted by Gasteiger charge is -2.35.